The molecule has 2 aromatic carbocycles. The van der Waals surface area contributed by atoms with Gasteiger partial charge in [0.25, 0.3) is 5.91 Å². The minimum atomic E-state index is -4.74. The Morgan fingerprint density at radius 2 is 2.03 bits per heavy atom. The molecule has 32 heavy (non-hydrogen) atoms. The zero-order chi connectivity index (χ0) is 23.5. The molecule has 5 nitrogen and oxygen atoms in total. The Hall–Kier alpha value is -2.65. The van der Waals surface area contributed by atoms with Crippen molar-refractivity contribution in [3.63, 3.8) is 0 Å². The lowest BCUT2D eigenvalue weighted by atomic mass is 10.0. The number of aryl methyl sites for hydroxylation is 1. The molecule has 0 saturated carbocycles. The second-order valence-electron chi connectivity index (χ2n) is 8.01. The fraction of sp³-hybridized carbons (Fsp3) is 0.435. The molecule has 1 aliphatic heterocycles. The van der Waals surface area contributed by atoms with Crippen molar-refractivity contribution >= 4 is 5.91 Å². The number of carbonyl (C=O) groups excluding carboxylic acids is 1. The molecule has 0 aromatic heterocycles. The van der Waals surface area contributed by atoms with Crippen molar-refractivity contribution in [2.24, 2.45) is 0 Å². The summed E-state index contributed by atoms with van der Waals surface area (Å²) in [6.07, 6.45) is -5.43. The van der Waals surface area contributed by atoms with Gasteiger partial charge in [-0.3, -0.25) is 9.69 Å². The van der Waals surface area contributed by atoms with Crippen LogP contribution in [0.1, 0.15) is 40.1 Å². The van der Waals surface area contributed by atoms with Crippen LogP contribution < -0.4 is 15.4 Å². The van der Waals surface area contributed by atoms with Crippen molar-refractivity contribution < 1.29 is 27.1 Å². The van der Waals surface area contributed by atoms with Gasteiger partial charge in [0.1, 0.15) is 17.7 Å². The van der Waals surface area contributed by atoms with Gasteiger partial charge in [-0.05, 0) is 49.2 Å². The average molecular weight is 453 g/mol. The van der Waals surface area contributed by atoms with E-state index in [1.165, 1.54) is 19.2 Å². The third kappa shape index (κ3) is 5.77. The Morgan fingerprint density at radius 1 is 1.28 bits per heavy atom. The van der Waals surface area contributed by atoms with Crippen LogP contribution in [0.2, 0.25) is 0 Å². The van der Waals surface area contributed by atoms with Crippen molar-refractivity contribution in [1.82, 2.24) is 15.5 Å². The number of hydrogen-bond donors (Lipinski definition) is 2. The van der Waals surface area contributed by atoms with Crippen LogP contribution >= 0.6 is 0 Å². The number of rotatable bonds is 6. The van der Waals surface area contributed by atoms with E-state index in [0.717, 1.165) is 31.8 Å². The summed E-state index contributed by atoms with van der Waals surface area (Å²) >= 11 is 0. The molecule has 9 heteroatoms. The Morgan fingerprint density at radius 3 is 2.66 bits per heavy atom. The molecule has 0 radical (unpaired) electrons. The maximum Gasteiger partial charge on any atom is 0.417 e. The standard InChI is InChI=1S/C23H27F4N3O2/c1-14-4-5-16(10-20(14)24)21(13-30-9-8-29-15(2)12-30)32-17-6-7-18(22(31)28-3)19(11-17)23(25,26)27/h4-7,10-11,15,21,29H,8-9,12-13H2,1-3H3,(H,28,31)/t15-,21?/m1/s1. The van der Waals surface area contributed by atoms with Crippen LogP contribution in [0.3, 0.4) is 0 Å². The Labute approximate surface area is 184 Å². The van der Waals surface area contributed by atoms with Gasteiger partial charge in [0.15, 0.2) is 0 Å². The van der Waals surface area contributed by atoms with E-state index < -0.39 is 35.1 Å². The van der Waals surface area contributed by atoms with Gasteiger partial charge in [-0.25, -0.2) is 4.39 Å². The number of alkyl halides is 3. The zero-order valence-corrected chi connectivity index (χ0v) is 18.2. The van der Waals surface area contributed by atoms with Crippen LogP contribution in [0, 0.1) is 12.7 Å². The van der Waals surface area contributed by atoms with E-state index in [1.807, 2.05) is 6.92 Å². The molecule has 1 fully saturated rings. The molecular formula is C23H27F4N3O2. The zero-order valence-electron chi connectivity index (χ0n) is 18.2. The predicted octanol–water partition coefficient (Wildman–Crippen LogP) is 3.93. The van der Waals surface area contributed by atoms with Crippen molar-refractivity contribution in [3.8, 4) is 5.75 Å². The maximum absolute atomic E-state index is 14.2. The van der Waals surface area contributed by atoms with Crippen molar-refractivity contribution in [2.75, 3.05) is 33.2 Å². The monoisotopic (exact) mass is 453 g/mol. The van der Waals surface area contributed by atoms with E-state index in [-0.39, 0.29) is 11.8 Å². The van der Waals surface area contributed by atoms with E-state index in [0.29, 0.717) is 17.7 Å². The van der Waals surface area contributed by atoms with Crippen LogP contribution in [0.25, 0.3) is 0 Å². The Kier molecular flexibility index (Phi) is 7.40. The summed E-state index contributed by atoms with van der Waals surface area (Å²) in [5.74, 6) is -1.29. The SMILES string of the molecule is CNC(=O)c1ccc(OC(CN2CCN[C@H](C)C2)c2ccc(C)c(F)c2)cc1C(F)(F)F. The summed E-state index contributed by atoms with van der Waals surface area (Å²) in [5.41, 5.74) is -0.569. The molecule has 1 aliphatic rings. The average Bonchev–Trinajstić information content (AvgIpc) is 2.74. The number of carbonyl (C=O) groups is 1. The second-order valence-corrected chi connectivity index (χ2v) is 8.01. The number of nitrogens with one attached hydrogen (secondary N) is 2. The molecule has 0 aliphatic carbocycles. The number of benzene rings is 2. The predicted molar refractivity (Wildman–Crippen MR) is 113 cm³/mol. The van der Waals surface area contributed by atoms with E-state index in [9.17, 15) is 22.4 Å². The lowest BCUT2D eigenvalue weighted by molar-refractivity contribution is -0.138. The summed E-state index contributed by atoms with van der Waals surface area (Å²) in [4.78, 5) is 14.0. The van der Waals surface area contributed by atoms with Gasteiger partial charge in [0, 0.05) is 39.3 Å². The number of ether oxygens (including phenoxy) is 1. The van der Waals surface area contributed by atoms with Gasteiger partial charge in [-0.2, -0.15) is 13.2 Å². The van der Waals surface area contributed by atoms with Crippen LogP contribution in [-0.2, 0) is 6.18 Å². The van der Waals surface area contributed by atoms with Crippen LogP contribution in [0.15, 0.2) is 36.4 Å². The topological polar surface area (TPSA) is 53.6 Å². The second kappa shape index (κ2) is 9.87. The first-order valence-electron chi connectivity index (χ1n) is 10.4. The number of piperazine rings is 1. The quantitative estimate of drug-likeness (QED) is 0.651. The summed E-state index contributed by atoms with van der Waals surface area (Å²) in [6, 6.07) is 8.20. The van der Waals surface area contributed by atoms with E-state index in [1.54, 1.807) is 19.1 Å². The molecule has 1 unspecified atom stereocenters. The summed E-state index contributed by atoms with van der Waals surface area (Å²) < 4.78 is 61.0. The first kappa shape index (κ1) is 24.0. The molecule has 2 aromatic rings. The summed E-state index contributed by atoms with van der Waals surface area (Å²) in [7, 11) is 1.27. The molecule has 0 bridgehead atoms. The van der Waals surface area contributed by atoms with Crippen LogP contribution in [0.5, 0.6) is 5.75 Å². The normalized spacial score (nSPS) is 18.3. The maximum atomic E-state index is 14.2. The fourth-order valence-electron chi connectivity index (χ4n) is 3.76. The van der Waals surface area contributed by atoms with Crippen molar-refractivity contribution in [1.29, 1.82) is 0 Å². The third-order valence-electron chi connectivity index (χ3n) is 5.49. The molecular weight excluding hydrogens is 426 g/mol. The number of halogens is 4. The lowest BCUT2D eigenvalue weighted by Gasteiger charge is -2.34. The summed E-state index contributed by atoms with van der Waals surface area (Å²) in [6.45, 7) is 6.31. The number of amides is 1. The first-order chi connectivity index (χ1) is 15.1. The molecule has 2 atom stereocenters. The Balaban J connectivity index is 1.94. The van der Waals surface area contributed by atoms with Gasteiger partial charge in [0.2, 0.25) is 0 Å². The number of hydrogen-bond acceptors (Lipinski definition) is 4. The van der Waals surface area contributed by atoms with Crippen molar-refractivity contribution in [3.05, 3.63) is 64.5 Å². The van der Waals surface area contributed by atoms with Crippen molar-refractivity contribution in [2.45, 2.75) is 32.2 Å². The van der Waals surface area contributed by atoms with Crippen LogP contribution in [-0.4, -0.2) is 50.1 Å². The van der Waals surface area contributed by atoms with E-state index in [2.05, 4.69) is 15.5 Å². The fourth-order valence-corrected chi connectivity index (χ4v) is 3.76. The molecule has 1 saturated heterocycles. The summed E-state index contributed by atoms with van der Waals surface area (Å²) in [5, 5.41) is 5.55. The largest absolute Gasteiger partial charge is 0.484 e. The first-order valence-corrected chi connectivity index (χ1v) is 10.4. The molecule has 0 spiro atoms. The Bertz CT molecular complexity index is 965. The van der Waals surface area contributed by atoms with Gasteiger partial charge < -0.3 is 15.4 Å². The van der Waals surface area contributed by atoms with Gasteiger partial charge in [-0.1, -0.05) is 12.1 Å². The molecule has 3 rings (SSSR count). The van der Waals surface area contributed by atoms with Gasteiger partial charge in [0.05, 0.1) is 11.1 Å². The highest BCUT2D eigenvalue weighted by Gasteiger charge is 2.36. The number of nitrogens with zero attached hydrogens (tertiary/aromatic N) is 1. The minimum absolute atomic E-state index is 0.0425. The van der Waals surface area contributed by atoms with E-state index >= 15 is 0 Å². The highest BCUT2D eigenvalue weighted by Crippen LogP contribution is 2.36. The van der Waals surface area contributed by atoms with Crippen LogP contribution in [0.4, 0.5) is 17.6 Å². The van der Waals surface area contributed by atoms with Gasteiger partial charge in [-0.15, -0.1) is 0 Å². The molecule has 1 heterocycles. The highest BCUT2D eigenvalue weighted by atomic mass is 19.4. The molecule has 174 valence electrons. The third-order valence-corrected chi connectivity index (χ3v) is 5.49. The van der Waals surface area contributed by atoms with E-state index in [4.69, 9.17) is 4.74 Å². The smallest absolute Gasteiger partial charge is 0.417 e. The molecule has 2 N–H and O–H groups in total. The van der Waals surface area contributed by atoms with Gasteiger partial charge >= 0.3 is 6.18 Å². The molecule has 1 amide bonds. The minimum Gasteiger partial charge on any atom is -0.484 e. The highest BCUT2D eigenvalue weighted by molar-refractivity contribution is 5.95. The lowest BCUT2D eigenvalue weighted by Crippen LogP contribution is -2.50.